The fourth-order valence-electron chi connectivity index (χ4n) is 3.84. The van der Waals surface area contributed by atoms with Gasteiger partial charge in [-0.25, -0.2) is 4.39 Å². The van der Waals surface area contributed by atoms with Crippen molar-refractivity contribution < 1.29 is 4.39 Å². The Morgan fingerprint density at radius 3 is 2.60 bits per heavy atom. The van der Waals surface area contributed by atoms with Gasteiger partial charge in [0.05, 0.1) is 0 Å². The Hall–Kier alpha value is -1.62. The minimum Gasteiger partial charge on any atom is -0.356 e. The average Bonchev–Trinajstić information content (AvgIpc) is 3.41. The maximum Gasteiger partial charge on any atom is 0.191 e. The molecule has 138 valence electrons. The standard InChI is InChI=1S/C20H31FN4/c1-3-12-25-13-8-16(9-14-25)24-19(22-2)23-15-20(10-11-20)17-6-4-5-7-18(17)21/h4-7,16H,3,8-15H2,1-2H3,(H2,22,23,24). The molecule has 4 nitrogen and oxygen atoms in total. The van der Waals surface area contributed by atoms with Gasteiger partial charge in [-0.1, -0.05) is 25.1 Å². The molecule has 0 amide bonds. The molecule has 1 aromatic carbocycles. The molecule has 25 heavy (non-hydrogen) atoms. The molecule has 1 aliphatic heterocycles. The normalized spacial score (nSPS) is 21.2. The summed E-state index contributed by atoms with van der Waals surface area (Å²) in [5.41, 5.74) is 0.777. The molecule has 5 heteroatoms. The maximum atomic E-state index is 14.1. The number of likely N-dealkylation sites (tertiary alicyclic amines) is 1. The second-order valence-electron chi connectivity index (χ2n) is 7.45. The summed E-state index contributed by atoms with van der Waals surface area (Å²) in [4.78, 5) is 6.90. The first-order chi connectivity index (χ1) is 12.2. The molecule has 1 aromatic rings. The van der Waals surface area contributed by atoms with Crippen LogP contribution in [0.25, 0.3) is 0 Å². The highest BCUT2D eigenvalue weighted by Gasteiger charge is 2.45. The van der Waals surface area contributed by atoms with E-state index in [4.69, 9.17) is 0 Å². The topological polar surface area (TPSA) is 39.7 Å². The van der Waals surface area contributed by atoms with E-state index < -0.39 is 0 Å². The summed E-state index contributed by atoms with van der Waals surface area (Å²) in [7, 11) is 1.81. The lowest BCUT2D eigenvalue weighted by atomic mass is 9.95. The number of rotatable bonds is 6. The highest BCUT2D eigenvalue weighted by molar-refractivity contribution is 5.80. The van der Waals surface area contributed by atoms with Gasteiger partial charge in [0.25, 0.3) is 0 Å². The second kappa shape index (κ2) is 8.17. The molecule has 0 aromatic heterocycles. The summed E-state index contributed by atoms with van der Waals surface area (Å²) in [5, 5.41) is 6.99. The van der Waals surface area contributed by atoms with E-state index in [0.29, 0.717) is 6.04 Å². The van der Waals surface area contributed by atoms with Gasteiger partial charge < -0.3 is 15.5 Å². The Labute approximate surface area is 150 Å². The first kappa shape index (κ1) is 18.2. The minimum absolute atomic E-state index is 0.0621. The van der Waals surface area contributed by atoms with Gasteiger partial charge in [0.1, 0.15) is 5.82 Å². The lowest BCUT2D eigenvalue weighted by Crippen LogP contribution is -2.50. The molecule has 2 fully saturated rings. The third kappa shape index (κ3) is 4.51. The molecule has 1 aliphatic carbocycles. The van der Waals surface area contributed by atoms with Crippen LogP contribution in [0.15, 0.2) is 29.3 Å². The Bertz CT molecular complexity index is 589. The molecule has 0 radical (unpaired) electrons. The van der Waals surface area contributed by atoms with Crippen molar-refractivity contribution in [3.8, 4) is 0 Å². The molecule has 1 saturated heterocycles. The van der Waals surface area contributed by atoms with Crippen LogP contribution < -0.4 is 10.6 Å². The van der Waals surface area contributed by atoms with E-state index in [0.717, 1.165) is 56.8 Å². The summed E-state index contributed by atoms with van der Waals surface area (Å²) >= 11 is 0. The minimum atomic E-state index is -0.0898. The molecular weight excluding hydrogens is 315 g/mol. The maximum absolute atomic E-state index is 14.1. The van der Waals surface area contributed by atoms with E-state index in [1.165, 1.54) is 13.0 Å². The summed E-state index contributed by atoms with van der Waals surface area (Å²) < 4.78 is 14.1. The Balaban J connectivity index is 1.50. The Morgan fingerprint density at radius 1 is 1.28 bits per heavy atom. The quantitative estimate of drug-likeness (QED) is 0.615. The number of halogens is 1. The molecular formula is C20H31FN4. The zero-order chi connectivity index (χ0) is 17.7. The second-order valence-corrected chi connectivity index (χ2v) is 7.45. The first-order valence-corrected chi connectivity index (χ1v) is 9.61. The SMILES string of the molecule is CCCN1CCC(NC(=NC)NCC2(c3ccccc3F)CC2)CC1. The molecule has 3 rings (SSSR count). The van der Waals surface area contributed by atoms with Gasteiger partial charge in [0, 0.05) is 38.1 Å². The van der Waals surface area contributed by atoms with Crippen LogP contribution in [0.2, 0.25) is 0 Å². The van der Waals surface area contributed by atoms with Crippen LogP contribution >= 0.6 is 0 Å². The molecule has 2 N–H and O–H groups in total. The van der Waals surface area contributed by atoms with Crippen molar-refractivity contribution in [3.63, 3.8) is 0 Å². The van der Waals surface area contributed by atoms with Crippen LogP contribution in [0.1, 0.15) is 44.6 Å². The van der Waals surface area contributed by atoms with Crippen molar-refractivity contribution >= 4 is 5.96 Å². The molecule has 2 aliphatic rings. The number of aliphatic imine (C=N–C) groups is 1. The van der Waals surface area contributed by atoms with E-state index in [2.05, 4.69) is 27.4 Å². The number of hydrogen-bond donors (Lipinski definition) is 2. The largest absolute Gasteiger partial charge is 0.356 e. The molecule has 0 atom stereocenters. The third-order valence-corrected chi connectivity index (χ3v) is 5.58. The highest BCUT2D eigenvalue weighted by Crippen LogP contribution is 2.48. The molecule has 0 bridgehead atoms. The smallest absolute Gasteiger partial charge is 0.191 e. The summed E-state index contributed by atoms with van der Waals surface area (Å²) in [6.45, 7) is 6.48. The average molecular weight is 346 g/mol. The van der Waals surface area contributed by atoms with Gasteiger partial charge in [-0.3, -0.25) is 4.99 Å². The van der Waals surface area contributed by atoms with Gasteiger partial charge in [-0.15, -0.1) is 0 Å². The van der Waals surface area contributed by atoms with E-state index in [1.807, 2.05) is 19.2 Å². The number of nitrogens with zero attached hydrogens (tertiary/aromatic N) is 2. The van der Waals surface area contributed by atoms with Crippen LogP contribution in [0, 0.1) is 5.82 Å². The van der Waals surface area contributed by atoms with Gasteiger partial charge in [0.15, 0.2) is 5.96 Å². The van der Waals surface area contributed by atoms with E-state index in [9.17, 15) is 4.39 Å². The van der Waals surface area contributed by atoms with Crippen molar-refractivity contribution in [1.29, 1.82) is 0 Å². The van der Waals surface area contributed by atoms with Crippen molar-refractivity contribution in [1.82, 2.24) is 15.5 Å². The van der Waals surface area contributed by atoms with Crippen LogP contribution in [0.3, 0.4) is 0 Å². The molecule has 0 unspecified atom stereocenters. The van der Waals surface area contributed by atoms with Gasteiger partial charge in [-0.2, -0.15) is 0 Å². The van der Waals surface area contributed by atoms with Gasteiger partial charge in [0.2, 0.25) is 0 Å². The molecule has 1 saturated carbocycles. The summed E-state index contributed by atoms with van der Waals surface area (Å²) in [6.07, 6.45) is 5.60. The zero-order valence-electron chi connectivity index (χ0n) is 15.5. The van der Waals surface area contributed by atoms with E-state index in [1.54, 1.807) is 12.1 Å². The van der Waals surface area contributed by atoms with Crippen molar-refractivity contribution in [3.05, 3.63) is 35.6 Å². The number of piperidine rings is 1. The fourth-order valence-corrected chi connectivity index (χ4v) is 3.84. The predicted octanol–water partition coefficient (Wildman–Crippen LogP) is 2.90. The third-order valence-electron chi connectivity index (χ3n) is 5.58. The Kier molecular flexibility index (Phi) is 5.94. The van der Waals surface area contributed by atoms with E-state index >= 15 is 0 Å². The van der Waals surface area contributed by atoms with Crippen LogP contribution in [0.4, 0.5) is 4.39 Å². The van der Waals surface area contributed by atoms with Gasteiger partial charge >= 0.3 is 0 Å². The fraction of sp³-hybridized carbons (Fsp3) is 0.650. The van der Waals surface area contributed by atoms with Crippen molar-refractivity contribution in [2.24, 2.45) is 4.99 Å². The molecule has 1 heterocycles. The van der Waals surface area contributed by atoms with Crippen LogP contribution in [0.5, 0.6) is 0 Å². The number of guanidine groups is 1. The lowest BCUT2D eigenvalue weighted by molar-refractivity contribution is 0.206. The highest BCUT2D eigenvalue weighted by atomic mass is 19.1. The van der Waals surface area contributed by atoms with Crippen LogP contribution in [-0.4, -0.2) is 50.1 Å². The zero-order valence-corrected chi connectivity index (χ0v) is 15.5. The lowest BCUT2D eigenvalue weighted by Gasteiger charge is -2.33. The Morgan fingerprint density at radius 2 is 2.00 bits per heavy atom. The van der Waals surface area contributed by atoms with Gasteiger partial charge in [-0.05, 0) is 50.3 Å². The number of nitrogens with one attached hydrogen (secondary N) is 2. The monoisotopic (exact) mass is 346 g/mol. The number of hydrogen-bond acceptors (Lipinski definition) is 2. The number of benzene rings is 1. The van der Waals surface area contributed by atoms with E-state index in [-0.39, 0.29) is 11.2 Å². The summed E-state index contributed by atoms with van der Waals surface area (Å²) in [5.74, 6) is 0.754. The van der Waals surface area contributed by atoms with Crippen molar-refractivity contribution in [2.45, 2.75) is 50.5 Å². The summed E-state index contributed by atoms with van der Waals surface area (Å²) in [6, 6.07) is 7.64. The van der Waals surface area contributed by atoms with Crippen LogP contribution in [-0.2, 0) is 5.41 Å². The first-order valence-electron chi connectivity index (χ1n) is 9.61. The van der Waals surface area contributed by atoms with Crippen molar-refractivity contribution in [2.75, 3.05) is 33.2 Å². The predicted molar refractivity (Wildman–Crippen MR) is 102 cm³/mol. The molecule has 0 spiro atoms.